The monoisotopic (exact) mass is 410 g/mol. The maximum atomic E-state index is 12.6. The zero-order chi connectivity index (χ0) is 20.8. The van der Waals surface area contributed by atoms with Crippen LogP contribution in [-0.2, 0) is 0 Å². The summed E-state index contributed by atoms with van der Waals surface area (Å²) >= 11 is 5.85. The van der Waals surface area contributed by atoms with Crippen LogP contribution in [0.4, 0.5) is 11.4 Å². The Hall–Kier alpha value is -3.51. The highest BCUT2D eigenvalue weighted by Crippen LogP contribution is 2.29. The lowest BCUT2D eigenvalue weighted by Crippen LogP contribution is -2.14. The van der Waals surface area contributed by atoms with Crippen LogP contribution >= 0.6 is 11.6 Å². The van der Waals surface area contributed by atoms with Crippen molar-refractivity contribution in [2.24, 2.45) is 0 Å². The number of nitrogens with one attached hydrogen (secondary N) is 2. The van der Waals surface area contributed by atoms with Gasteiger partial charge in [-0.05, 0) is 66.7 Å². The van der Waals surface area contributed by atoms with E-state index in [1.165, 1.54) is 7.11 Å². The molecule has 0 radical (unpaired) electrons. The smallest absolute Gasteiger partial charge is 0.255 e. The van der Waals surface area contributed by atoms with E-state index in [1.807, 2.05) is 0 Å². The van der Waals surface area contributed by atoms with Crippen LogP contribution in [0.3, 0.4) is 0 Å². The fourth-order valence-corrected chi connectivity index (χ4v) is 2.75. The summed E-state index contributed by atoms with van der Waals surface area (Å²) in [7, 11) is 3.06. The minimum atomic E-state index is -0.313. The molecule has 0 saturated carbocycles. The van der Waals surface area contributed by atoms with Gasteiger partial charge in [0.1, 0.15) is 11.5 Å². The van der Waals surface area contributed by atoms with Crippen LogP contribution in [0.5, 0.6) is 11.5 Å². The summed E-state index contributed by atoms with van der Waals surface area (Å²) in [6, 6.07) is 18.3. The number of halogens is 1. The Balaban J connectivity index is 1.78. The number of methoxy groups -OCH3 is 2. The second-order valence-electron chi connectivity index (χ2n) is 6.06. The average Bonchev–Trinajstić information content (AvgIpc) is 2.74. The Bertz CT molecular complexity index is 1020. The average molecular weight is 411 g/mol. The van der Waals surface area contributed by atoms with E-state index in [9.17, 15) is 9.59 Å². The number of amides is 2. The first-order valence-electron chi connectivity index (χ1n) is 8.70. The van der Waals surface area contributed by atoms with Crippen molar-refractivity contribution in [1.29, 1.82) is 0 Å². The number of hydrogen-bond acceptors (Lipinski definition) is 4. The summed E-state index contributed by atoms with van der Waals surface area (Å²) in [6.07, 6.45) is 0. The largest absolute Gasteiger partial charge is 0.497 e. The first-order valence-corrected chi connectivity index (χ1v) is 9.08. The molecule has 0 bridgehead atoms. The standard InChI is InChI=1S/C22H19ClN2O4/c1-28-18-10-5-15(6-11-18)22(27)25-19-13-17(9-12-20(19)29-2)24-21(26)14-3-7-16(23)8-4-14/h3-13H,1-2H3,(H,24,26)(H,25,27). The molecule has 2 amide bonds. The van der Waals surface area contributed by atoms with E-state index in [4.69, 9.17) is 21.1 Å². The summed E-state index contributed by atoms with van der Waals surface area (Å²) in [6.45, 7) is 0. The SMILES string of the molecule is COc1ccc(C(=O)Nc2cc(NC(=O)c3ccc(Cl)cc3)ccc2OC)cc1. The highest BCUT2D eigenvalue weighted by atomic mass is 35.5. The third-order valence-electron chi connectivity index (χ3n) is 4.16. The van der Waals surface area contributed by atoms with Gasteiger partial charge in [-0.2, -0.15) is 0 Å². The molecule has 0 atom stereocenters. The number of carbonyl (C=O) groups excluding carboxylic acids is 2. The summed E-state index contributed by atoms with van der Waals surface area (Å²) in [5, 5.41) is 6.15. The number of anilines is 2. The number of ether oxygens (including phenoxy) is 2. The van der Waals surface area contributed by atoms with Crippen molar-refractivity contribution in [3.05, 3.63) is 82.9 Å². The maximum Gasteiger partial charge on any atom is 0.255 e. The lowest BCUT2D eigenvalue weighted by molar-refractivity contribution is 0.101. The molecule has 0 aromatic heterocycles. The van der Waals surface area contributed by atoms with Crippen molar-refractivity contribution in [2.75, 3.05) is 24.9 Å². The van der Waals surface area contributed by atoms with Crippen LogP contribution in [0.1, 0.15) is 20.7 Å². The molecule has 0 heterocycles. The van der Waals surface area contributed by atoms with Gasteiger partial charge in [-0.25, -0.2) is 0 Å². The van der Waals surface area contributed by atoms with Crippen LogP contribution in [0.25, 0.3) is 0 Å². The van der Waals surface area contributed by atoms with Gasteiger partial charge in [0.25, 0.3) is 11.8 Å². The van der Waals surface area contributed by atoms with E-state index >= 15 is 0 Å². The molecule has 0 fully saturated rings. The zero-order valence-electron chi connectivity index (χ0n) is 15.9. The number of rotatable bonds is 6. The van der Waals surface area contributed by atoms with Gasteiger partial charge in [-0.15, -0.1) is 0 Å². The predicted molar refractivity (Wildman–Crippen MR) is 113 cm³/mol. The van der Waals surface area contributed by atoms with Gasteiger partial charge in [-0.3, -0.25) is 9.59 Å². The Morgan fingerprint density at radius 2 is 1.34 bits per heavy atom. The third kappa shape index (κ3) is 5.06. The van der Waals surface area contributed by atoms with Crippen molar-refractivity contribution >= 4 is 34.8 Å². The summed E-state index contributed by atoms with van der Waals surface area (Å²) in [5.74, 6) is 0.522. The molecule has 148 valence electrons. The van der Waals surface area contributed by atoms with E-state index in [0.717, 1.165) is 0 Å². The van der Waals surface area contributed by atoms with Crippen LogP contribution < -0.4 is 20.1 Å². The van der Waals surface area contributed by atoms with E-state index in [1.54, 1.807) is 73.8 Å². The molecule has 3 aromatic carbocycles. The van der Waals surface area contributed by atoms with Crippen molar-refractivity contribution < 1.29 is 19.1 Å². The first-order chi connectivity index (χ1) is 14.0. The quantitative estimate of drug-likeness (QED) is 0.608. The molecule has 0 spiro atoms. The van der Waals surface area contributed by atoms with E-state index < -0.39 is 0 Å². The second kappa shape index (κ2) is 9.12. The Labute approximate surface area is 173 Å². The minimum Gasteiger partial charge on any atom is -0.497 e. The molecule has 0 aliphatic carbocycles. The molecule has 3 aromatic rings. The molecule has 0 unspecified atom stereocenters. The van der Waals surface area contributed by atoms with E-state index in [0.29, 0.717) is 39.0 Å². The van der Waals surface area contributed by atoms with Gasteiger partial charge < -0.3 is 20.1 Å². The van der Waals surface area contributed by atoms with Gasteiger partial charge in [0, 0.05) is 21.8 Å². The molecule has 0 saturated heterocycles. The molecule has 7 heteroatoms. The molecular formula is C22H19ClN2O4. The lowest BCUT2D eigenvalue weighted by Gasteiger charge is -2.13. The Kier molecular flexibility index (Phi) is 6.36. The number of hydrogen-bond donors (Lipinski definition) is 2. The van der Waals surface area contributed by atoms with Crippen LogP contribution in [-0.4, -0.2) is 26.0 Å². The minimum absolute atomic E-state index is 0.292. The van der Waals surface area contributed by atoms with Gasteiger partial charge in [0.05, 0.1) is 19.9 Å². The fraction of sp³-hybridized carbons (Fsp3) is 0.0909. The van der Waals surface area contributed by atoms with Crippen LogP contribution in [0, 0.1) is 0 Å². The molecule has 3 rings (SSSR count). The van der Waals surface area contributed by atoms with Gasteiger partial charge >= 0.3 is 0 Å². The zero-order valence-corrected chi connectivity index (χ0v) is 16.6. The van der Waals surface area contributed by atoms with Crippen molar-refractivity contribution in [1.82, 2.24) is 0 Å². The first kappa shape index (κ1) is 20.2. The van der Waals surface area contributed by atoms with Crippen molar-refractivity contribution in [3.63, 3.8) is 0 Å². The summed E-state index contributed by atoms with van der Waals surface area (Å²) in [5.41, 5.74) is 1.87. The van der Waals surface area contributed by atoms with Gasteiger partial charge in [0.15, 0.2) is 0 Å². The maximum absolute atomic E-state index is 12.6. The second-order valence-corrected chi connectivity index (χ2v) is 6.50. The molecule has 29 heavy (non-hydrogen) atoms. The van der Waals surface area contributed by atoms with E-state index in [2.05, 4.69) is 10.6 Å². The highest BCUT2D eigenvalue weighted by Gasteiger charge is 2.13. The Morgan fingerprint density at radius 3 is 1.93 bits per heavy atom. The van der Waals surface area contributed by atoms with Gasteiger partial charge in [-0.1, -0.05) is 11.6 Å². The number of carbonyl (C=O) groups is 2. The Morgan fingerprint density at radius 1 is 0.759 bits per heavy atom. The van der Waals surface area contributed by atoms with Crippen LogP contribution in [0.15, 0.2) is 66.7 Å². The van der Waals surface area contributed by atoms with E-state index in [-0.39, 0.29) is 11.8 Å². The summed E-state index contributed by atoms with van der Waals surface area (Å²) in [4.78, 5) is 25.0. The van der Waals surface area contributed by atoms with Crippen molar-refractivity contribution in [2.45, 2.75) is 0 Å². The topological polar surface area (TPSA) is 76.7 Å². The predicted octanol–water partition coefficient (Wildman–Crippen LogP) is 4.86. The van der Waals surface area contributed by atoms with Gasteiger partial charge in [0.2, 0.25) is 0 Å². The molecule has 2 N–H and O–H groups in total. The van der Waals surface area contributed by atoms with Crippen molar-refractivity contribution in [3.8, 4) is 11.5 Å². The normalized spacial score (nSPS) is 10.2. The van der Waals surface area contributed by atoms with Crippen LogP contribution in [0.2, 0.25) is 5.02 Å². The lowest BCUT2D eigenvalue weighted by atomic mass is 10.1. The molecule has 0 aliphatic heterocycles. The molecule has 0 aliphatic rings. The highest BCUT2D eigenvalue weighted by molar-refractivity contribution is 6.30. The molecule has 6 nitrogen and oxygen atoms in total. The third-order valence-corrected chi connectivity index (χ3v) is 4.42. The fourth-order valence-electron chi connectivity index (χ4n) is 2.62. The summed E-state index contributed by atoms with van der Waals surface area (Å²) < 4.78 is 10.4. The molecular weight excluding hydrogens is 392 g/mol. The number of benzene rings is 3.